The molecule has 64 valence electrons. The van der Waals surface area contributed by atoms with Crippen LogP contribution in [-0.4, -0.2) is 0 Å². The molecule has 0 aromatic rings. The van der Waals surface area contributed by atoms with Gasteiger partial charge >= 0.3 is 18.3 Å². The first-order valence-electron chi connectivity index (χ1n) is 1.57. The van der Waals surface area contributed by atoms with E-state index in [0.717, 1.165) is 22.1 Å². The molecule has 0 aliphatic heterocycles. The summed E-state index contributed by atoms with van der Waals surface area (Å²) in [5.74, 6) is 0. The van der Waals surface area contributed by atoms with E-state index < -0.39 is 0 Å². The van der Waals surface area contributed by atoms with Gasteiger partial charge in [0, 0.05) is 0 Å². The van der Waals surface area contributed by atoms with E-state index in [-0.39, 0.29) is 0 Å². The quantitative estimate of drug-likeness (QED) is 0.386. The molecular formula is C2N4O6. The molecule has 0 rings (SSSR count). The normalized spacial score (nSPS) is 3.75. The molecule has 0 aliphatic rings. The summed E-state index contributed by atoms with van der Waals surface area (Å²) >= 11 is 0. The van der Waals surface area contributed by atoms with Crippen LogP contribution in [0.4, 0.5) is 0 Å². The number of nitriles is 1. The van der Waals surface area contributed by atoms with E-state index in [1.807, 2.05) is 0 Å². The molecule has 0 atom stereocenters. The fourth-order valence-corrected chi connectivity index (χ4v) is 0. The van der Waals surface area contributed by atoms with Crippen LogP contribution in [0.2, 0.25) is 0 Å². The molecule has 0 unspecified atom stereocenters. The Hall–Kier alpha value is -2.31. The van der Waals surface area contributed by atoms with Crippen molar-refractivity contribution >= 4 is 0 Å². The molecule has 0 amide bonds. The molecule has 0 saturated heterocycles. The monoisotopic (exact) mass is 176 g/mol. The molecule has 0 aromatic carbocycles. The maximum absolute atomic E-state index is 8.00. The molecule has 0 aliphatic carbocycles. The van der Waals surface area contributed by atoms with E-state index >= 15 is 0 Å². The van der Waals surface area contributed by atoms with Crippen molar-refractivity contribution in [1.82, 2.24) is 0 Å². The van der Waals surface area contributed by atoms with Gasteiger partial charge in [0.2, 0.25) is 0 Å². The van der Waals surface area contributed by atoms with E-state index in [9.17, 15) is 0 Å². The van der Waals surface area contributed by atoms with Crippen molar-refractivity contribution in [3.63, 3.8) is 0 Å². The van der Waals surface area contributed by atoms with Crippen molar-refractivity contribution in [3.8, 4) is 6.07 Å². The van der Waals surface area contributed by atoms with Crippen molar-refractivity contribution in [2.45, 2.75) is 0 Å². The van der Waals surface area contributed by atoms with E-state index in [1.54, 1.807) is 0 Å². The van der Waals surface area contributed by atoms with Gasteiger partial charge in [0.25, 0.3) is 0 Å². The summed E-state index contributed by atoms with van der Waals surface area (Å²) in [7, 11) is 0. The van der Waals surface area contributed by atoms with Crippen molar-refractivity contribution in [2.75, 3.05) is 0 Å². The van der Waals surface area contributed by atoms with Crippen LogP contribution in [-0.2, 0) is 0 Å². The predicted octanol–water partition coefficient (Wildman–Crippen LogP) is 0.850. The third-order valence-electron chi connectivity index (χ3n) is 0. The van der Waals surface area contributed by atoms with Gasteiger partial charge in [-0.2, -0.15) is 0 Å². The van der Waals surface area contributed by atoms with E-state index in [2.05, 4.69) is 0 Å². The molecule has 12 heavy (non-hydrogen) atoms. The van der Waals surface area contributed by atoms with Crippen LogP contribution in [0.1, 0.15) is 0 Å². The van der Waals surface area contributed by atoms with Gasteiger partial charge in [-0.1, -0.05) is 0 Å². The molecular weight excluding hydrogens is 176 g/mol. The molecule has 0 spiro atoms. The van der Waals surface area contributed by atoms with E-state index in [4.69, 9.17) is 42.5 Å². The average Bonchev–Trinajstić information content (AvgIpc) is 1.92. The molecule has 0 saturated carbocycles. The van der Waals surface area contributed by atoms with Crippen molar-refractivity contribution in [1.29, 1.82) is 5.26 Å². The first kappa shape index (κ1) is 22.6. The van der Waals surface area contributed by atoms with Gasteiger partial charge in [-0.15, -0.1) is 16.0 Å². The zero-order chi connectivity index (χ0) is 10.8. The first-order chi connectivity index (χ1) is 5.66. The Morgan fingerprint density at radius 2 is 1.00 bits per heavy atom. The summed E-state index contributed by atoms with van der Waals surface area (Å²) in [4.78, 5) is 24.0. The molecule has 10 heteroatoms. The second-order valence-electron chi connectivity index (χ2n) is 0.335. The molecule has 0 bridgehead atoms. The Balaban J connectivity index is -0.0000000356. The summed E-state index contributed by atoms with van der Waals surface area (Å²) < 4.78 is 0. The molecule has 0 aromatic heterocycles. The minimum absolute atomic E-state index is 1.00. The standard InChI is InChI=1S/C2N.3HNO2/c1-2-3;3*2-1-3/h;3*(H,2,3)/q+3;;;/p-3. The van der Waals surface area contributed by atoms with E-state index in [0.29, 0.717) is 0 Å². The molecule has 10 nitrogen and oxygen atoms in total. The summed E-state index contributed by atoms with van der Waals surface area (Å²) in [6.45, 7) is 5.51. The zero-order valence-corrected chi connectivity index (χ0v) is 5.24. The fraction of sp³-hybridized carbons (Fsp3) is 0. The third kappa shape index (κ3) is 64.5. The van der Waals surface area contributed by atoms with Crippen LogP contribution < -0.4 is 0 Å². The number of rotatable bonds is 0. The second kappa shape index (κ2) is 180. The SMILES string of the molecule is O=N[O-].O=N[O-].O=N[O-].[C+3]C#N. The van der Waals surface area contributed by atoms with Gasteiger partial charge in [-0.3, -0.25) is 0 Å². The molecule has 0 heterocycles. The van der Waals surface area contributed by atoms with Gasteiger partial charge < -0.3 is 30.3 Å². The second-order valence-corrected chi connectivity index (χ2v) is 0.335. The number of hydrogen-bond donors (Lipinski definition) is 0. The third-order valence-corrected chi connectivity index (χ3v) is 0. The van der Waals surface area contributed by atoms with Gasteiger partial charge in [-0.05, 0) is 0 Å². The number of hydrogen-bond acceptors (Lipinski definition) is 10. The Bertz CT molecular complexity index is 105. The Kier molecular flexibility index (Phi) is 339. The minimum atomic E-state index is 1.00. The Morgan fingerprint density at radius 1 is 1.00 bits per heavy atom. The predicted molar refractivity (Wildman–Crippen MR) is 36.3 cm³/mol. The average molecular weight is 176 g/mol. The maximum atomic E-state index is 8.00. The van der Waals surface area contributed by atoms with Gasteiger partial charge in [-0.25, -0.2) is 0 Å². The van der Waals surface area contributed by atoms with Crippen LogP contribution in [0.5, 0.6) is 0 Å². The van der Waals surface area contributed by atoms with Crippen molar-refractivity contribution in [3.05, 3.63) is 37.3 Å². The Labute approximate surface area is 65.8 Å². The topological polar surface area (TPSA) is 181 Å². The van der Waals surface area contributed by atoms with Crippen LogP contribution in [0.15, 0.2) is 16.0 Å². The summed E-state index contributed by atoms with van der Waals surface area (Å²) in [5, 5.41) is 34.0. The van der Waals surface area contributed by atoms with Crippen molar-refractivity contribution < 1.29 is 0 Å². The molecule has 0 radical (unpaired) electrons. The summed E-state index contributed by atoms with van der Waals surface area (Å²) in [6.07, 6.45) is 0. The van der Waals surface area contributed by atoms with Gasteiger partial charge in [0.1, 0.15) is 0 Å². The van der Waals surface area contributed by atoms with E-state index in [1.165, 1.54) is 0 Å². The van der Waals surface area contributed by atoms with Gasteiger partial charge in [0.15, 0.2) is 0 Å². The van der Waals surface area contributed by atoms with Crippen molar-refractivity contribution in [2.24, 2.45) is 16.0 Å². The van der Waals surface area contributed by atoms with Gasteiger partial charge in [0.05, 0.1) is 0 Å². The van der Waals surface area contributed by atoms with Crippen LogP contribution >= 0.6 is 0 Å². The molecule has 0 N–H and O–H groups in total. The van der Waals surface area contributed by atoms with Crippen LogP contribution in [0, 0.1) is 48.6 Å². The van der Waals surface area contributed by atoms with Crippen LogP contribution in [0.25, 0.3) is 0 Å². The molecule has 0 fully saturated rings. The van der Waals surface area contributed by atoms with Crippen LogP contribution in [0.3, 0.4) is 0 Å². The Morgan fingerprint density at radius 3 is 1.00 bits per heavy atom. The summed E-state index contributed by atoms with van der Waals surface area (Å²) in [6, 6.07) is 1.00. The fourth-order valence-electron chi connectivity index (χ4n) is 0. The first-order valence-corrected chi connectivity index (χ1v) is 1.57. The summed E-state index contributed by atoms with van der Waals surface area (Å²) in [5.41, 5.74) is 0. The number of nitrogens with zero attached hydrogens (tertiary/aromatic N) is 4. The zero-order valence-electron chi connectivity index (χ0n) is 5.24.